The summed E-state index contributed by atoms with van der Waals surface area (Å²) in [5.74, 6) is 0.899. The molecule has 1 amide bonds. The first-order valence-corrected chi connectivity index (χ1v) is 6.53. The Morgan fingerprint density at radius 2 is 2.21 bits per heavy atom. The molecular weight excluding hydrogens is 359 g/mol. The van der Waals surface area contributed by atoms with Gasteiger partial charge >= 0.3 is 0 Å². The number of amides is 1. The number of methoxy groups -OCH3 is 1. The summed E-state index contributed by atoms with van der Waals surface area (Å²) in [5.41, 5.74) is 0.635. The first kappa shape index (κ1) is 13.7. The molecule has 0 aliphatic carbocycles. The number of carbonyl (C=O) groups excluding carboxylic acids is 1. The highest BCUT2D eigenvalue weighted by Gasteiger charge is 2.07. The summed E-state index contributed by atoms with van der Waals surface area (Å²) in [6.07, 6.45) is 1.76. The van der Waals surface area contributed by atoms with Crippen LogP contribution in [0.3, 0.4) is 0 Å². The van der Waals surface area contributed by atoms with Crippen molar-refractivity contribution in [1.82, 2.24) is 15.2 Å². The first-order chi connectivity index (χ1) is 9.17. The molecule has 0 unspecified atom stereocenters. The Labute approximate surface area is 123 Å². The van der Waals surface area contributed by atoms with Gasteiger partial charge < -0.3 is 10.1 Å². The molecule has 6 nitrogen and oxygen atoms in total. The smallest absolute Gasteiger partial charge is 0.231 e. The third-order valence-electron chi connectivity index (χ3n) is 2.26. The predicted octanol–water partition coefficient (Wildman–Crippen LogP) is 1.67. The van der Waals surface area contributed by atoms with E-state index in [0.29, 0.717) is 17.3 Å². The molecule has 19 heavy (non-hydrogen) atoms. The Morgan fingerprint density at radius 1 is 1.37 bits per heavy atom. The third-order valence-corrected chi connectivity index (χ3v) is 2.84. The second-order valence-electron chi connectivity index (χ2n) is 3.65. The summed E-state index contributed by atoms with van der Waals surface area (Å²) in [6, 6.07) is 6.92. The van der Waals surface area contributed by atoms with E-state index in [1.54, 1.807) is 37.6 Å². The standard InChI is InChI=1S/C12H11IN4O2/c1-19-9-4-5-14-8(6-9)7-12(18)15-11-3-2-10(13)16-17-11/h2-6H,7H2,1H3,(H,15,17,18). The van der Waals surface area contributed by atoms with E-state index >= 15 is 0 Å². The highest BCUT2D eigenvalue weighted by Crippen LogP contribution is 2.11. The summed E-state index contributed by atoms with van der Waals surface area (Å²) in [4.78, 5) is 15.9. The molecule has 2 aromatic heterocycles. The van der Waals surface area contributed by atoms with Gasteiger partial charge in [0.15, 0.2) is 5.82 Å². The molecule has 0 aliphatic rings. The Morgan fingerprint density at radius 3 is 2.89 bits per heavy atom. The first-order valence-electron chi connectivity index (χ1n) is 5.45. The van der Waals surface area contributed by atoms with Crippen LogP contribution in [0.4, 0.5) is 5.82 Å². The lowest BCUT2D eigenvalue weighted by atomic mass is 10.2. The van der Waals surface area contributed by atoms with E-state index in [1.165, 1.54) is 0 Å². The van der Waals surface area contributed by atoms with Gasteiger partial charge in [-0.25, -0.2) is 0 Å². The summed E-state index contributed by atoms with van der Waals surface area (Å²) in [5, 5.41) is 10.4. The van der Waals surface area contributed by atoms with Gasteiger partial charge in [-0.3, -0.25) is 9.78 Å². The molecule has 0 fully saturated rings. The number of pyridine rings is 1. The van der Waals surface area contributed by atoms with Crippen LogP contribution >= 0.6 is 22.6 Å². The normalized spacial score (nSPS) is 10.0. The van der Waals surface area contributed by atoms with E-state index in [-0.39, 0.29) is 12.3 Å². The third kappa shape index (κ3) is 4.12. The fourth-order valence-electron chi connectivity index (χ4n) is 1.41. The van der Waals surface area contributed by atoms with Gasteiger partial charge in [-0.05, 0) is 40.8 Å². The lowest BCUT2D eigenvalue weighted by Crippen LogP contribution is -2.16. The van der Waals surface area contributed by atoms with Gasteiger partial charge in [0.05, 0.1) is 19.2 Å². The molecular formula is C12H11IN4O2. The molecule has 0 bridgehead atoms. The number of anilines is 1. The van der Waals surface area contributed by atoms with E-state index in [4.69, 9.17) is 4.74 Å². The zero-order valence-electron chi connectivity index (χ0n) is 10.1. The molecule has 1 N–H and O–H groups in total. The van der Waals surface area contributed by atoms with Gasteiger partial charge in [0.2, 0.25) is 5.91 Å². The van der Waals surface area contributed by atoms with Crippen molar-refractivity contribution >= 4 is 34.3 Å². The van der Waals surface area contributed by atoms with Crippen LogP contribution in [0.25, 0.3) is 0 Å². The number of carbonyl (C=O) groups is 1. The van der Waals surface area contributed by atoms with E-state index < -0.39 is 0 Å². The van der Waals surface area contributed by atoms with Gasteiger partial charge in [0, 0.05) is 12.3 Å². The Hall–Kier alpha value is -1.77. The number of halogens is 1. The van der Waals surface area contributed by atoms with Crippen LogP contribution in [0, 0.1) is 3.70 Å². The predicted molar refractivity (Wildman–Crippen MR) is 77.9 cm³/mol. The molecule has 0 saturated heterocycles. The molecule has 0 aromatic carbocycles. The largest absolute Gasteiger partial charge is 0.497 e. The highest BCUT2D eigenvalue weighted by atomic mass is 127. The number of hydrogen-bond acceptors (Lipinski definition) is 5. The van der Waals surface area contributed by atoms with Crippen LogP contribution in [0.15, 0.2) is 30.5 Å². The zero-order valence-corrected chi connectivity index (χ0v) is 12.3. The average molecular weight is 370 g/mol. The van der Waals surface area contributed by atoms with Crippen LogP contribution in [-0.2, 0) is 11.2 Å². The van der Waals surface area contributed by atoms with E-state index in [1.807, 2.05) is 22.6 Å². The van der Waals surface area contributed by atoms with E-state index in [2.05, 4.69) is 20.5 Å². The number of nitrogens with one attached hydrogen (secondary N) is 1. The molecule has 0 radical (unpaired) electrons. The lowest BCUT2D eigenvalue weighted by Gasteiger charge is -2.04. The number of hydrogen-bond donors (Lipinski definition) is 1. The number of aromatic nitrogens is 3. The van der Waals surface area contributed by atoms with E-state index in [0.717, 1.165) is 3.70 Å². The van der Waals surface area contributed by atoms with Crippen molar-refractivity contribution in [1.29, 1.82) is 0 Å². The maximum Gasteiger partial charge on any atom is 0.231 e. The molecule has 0 spiro atoms. The van der Waals surface area contributed by atoms with Crippen molar-refractivity contribution in [2.45, 2.75) is 6.42 Å². The minimum atomic E-state index is -0.198. The summed E-state index contributed by atoms with van der Waals surface area (Å²) < 4.78 is 5.84. The minimum absolute atomic E-state index is 0.158. The molecule has 0 atom stereocenters. The fourth-order valence-corrected chi connectivity index (χ4v) is 1.70. The Bertz CT molecular complexity index is 574. The number of ether oxygens (including phenoxy) is 1. The SMILES string of the molecule is COc1ccnc(CC(=O)Nc2ccc(I)nn2)c1. The second kappa shape index (κ2) is 6.41. The van der Waals surface area contributed by atoms with Gasteiger partial charge in [-0.2, -0.15) is 0 Å². The van der Waals surface area contributed by atoms with Gasteiger partial charge in [0.1, 0.15) is 9.45 Å². The van der Waals surface area contributed by atoms with Crippen molar-refractivity contribution < 1.29 is 9.53 Å². The van der Waals surface area contributed by atoms with Gasteiger partial charge in [0.25, 0.3) is 0 Å². The quantitative estimate of drug-likeness (QED) is 0.829. The van der Waals surface area contributed by atoms with Crippen molar-refractivity contribution in [2.24, 2.45) is 0 Å². The molecule has 0 saturated carbocycles. The highest BCUT2D eigenvalue weighted by molar-refractivity contribution is 14.1. The summed E-state index contributed by atoms with van der Waals surface area (Å²) >= 11 is 2.05. The fraction of sp³-hybridized carbons (Fsp3) is 0.167. The van der Waals surface area contributed by atoms with E-state index in [9.17, 15) is 4.79 Å². The van der Waals surface area contributed by atoms with Crippen LogP contribution in [-0.4, -0.2) is 28.2 Å². The summed E-state index contributed by atoms with van der Waals surface area (Å²) in [6.45, 7) is 0. The average Bonchev–Trinajstić information content (AvgIpc) is 2.41. The zero-order chi connectivity index (χ0) is 13.7. The Balaban J connectivity index is 1.99. The number of nitrogens with zero attached hydrogens (tertiary/aromatic N) is 3. The van der Waals surface area contributed by atoms with Crippen LogP contribution in [0.2, 0.25) is 0 Å². The molecule has 2 heterocycles. The minimum Gasteiger partial charge on any atom is -0.497 e. The molecule has 7 heteroatoms. The molecule has 2 rings (SSSR count). The molecule has 2 aromatic rings. The van der Waals surface area contributed by atoms with Crippen molar-refractivity contribution in [2.75, 3.05) is 12.4 Å². The maximum atomic E-state index is 11.8. The molecule has 0 aliphatic heterocycles. The topological polar surface area (TPSA) is 77.0 Å². The van der Waals surface area contributed by atoms with Crippen LogP contribution in [0.1, 0.15) is 5.69 Å². The van der Waals surface area contributed by atoms with Crippen molar-refractivity contribution in [3.05, 3.63) is 39.9 Å². The maximum absolute atomic E-state index is 11.8. The van der Waals surface area contributed by atoms with Crippen molar-refractivity contribution in [3.63, 3.8) is 0 Å². The molecule has 98 valence electrons. The summed E-state index contributed by atoms with van der Waals surface area (Å²) in [7, 11) is 1.57. The number of rotatable bonds is 4. The Kier molecular flexibility index (Phi) is 4.61. The van der Waals surface area contributed by atoms with Crippen LogP contribution < -0.4 is 10.1 Å². The lowest BCUT2D eigenvalue weighted by molar-refractivity contribution is -0.115. The monoisotopic (exact) mass is 370 g/mol. The second-order valence-corrected chi connectivity index (χ2v) is 4.76. The van der Waals surface area contributed by atoms with Crippen LogP contribution in [0.5, 0.6) is 5.75 Å². The van der Waals surface area contributed by atoms with Gasteiger partial charge in [-0.1, -0.05) is 0 Å². The van der Waals surface area contributed by atoms with Crippen molar-refractivity contribution in [3.8, 4) is 5.75 Å². The van der Waals surface area contributed by atoms with Gasteiger partial charge in [-0.15, -0.1) is 10.2 Å².